The van der Waals surface area contributed by atoms with Crippen LogP contribution < -0.4 is 16.2 Å². The molecule has 1 unspecified atom stereocenters. The van der Waals surface area contributed by atoms with Crippen molar-refractivity contribution in [1.29, 1.82) is 0 Å². The molecule has 35 heavy (non-hydrogen) atoms. The van der Waals surface area contributed by atoms with Gasteiger partial charge >= 0.3 is 0 Å². The average molecular weight is 497 g/mol. The zero-order valence-corrected chi connectivity index (χ0v) is 20.5. The molecule has 5 rings (SSSR count). The second-order valence-corrected chi connectivity index (χ2v) is 11.3. The van der Waals surface area contributed by atoms with Gasteiger partial charge in [-0.1, -0.05) is 18.2 Å². The number of H-pyrrole nitrogens is 1. The van der Waals surface area contributed by atoms with Crippen molar-refractivity contribution in [3.05, 3.63) is 41.7 Å². The fourth-order valence-corrected chi connectivity index (χ4v) is 6.46. The van der Waals surface area contributed by atoms with Crippen LogP contribution in [0.4, 0.5) is 0 Å². The summed E-state index contributed by atoms with van der Waals surface area (Å²) in [7, 11) is -4.07. The molecule has 2 aliphatic rings. The van der Waals surface area contributed by atoms with Crippen molar-refractivity contribution >= 4 is 10.0 Å². The van der Waals surface area contributed by atoms with Crippen LogP contribution in [0.25, 0.3) is 22.5 Å². The number of nitrogens with one attached hydrogen (secondary N) is 2. The van der Waals surface area contributed by atoms with E-state index in [1.807, 2.05) is 24.3 Å². The van der Waals surface area contributed by atoms with E-state index >= 15 is 0 Å². The minimum atomic E-state index is -4.07. The van der Waals surface area contributed by atoms with E-state index in [2.05, 4.69) is 30.9 Å². The van der Waals surface area contributed by atoms with E-state index in [0.29, 0.717) is 34.9 Å². The Kier molecular flexibility index (Phi) is 6.92. The number of pyridine rings is 1. The zero-order valence-electron chi connectivity index (χ0n) is 19.7. The van der Waals surface area contributed by atoms with E-state index in [0.717, 1.165) is 62.9 Å². The van der Waals surface area contributed by atoms with Gasteiger partial charge in [0.05, 0.1) is 4.90 Å². The lowest BCUT2D eigenvalue weighted by atomic mass is 9.83. The molecule has 2 aromatic heterocycles. The lowest BCUT2D eigenvalue weighted by Crippen LogP contribution is -2.26. The predicted molar refractivity (Wildman–Crippen MR) is 133 cm³/mol. The van der Waals surface area contributed by atoms with Crippen molar-refractivity contribution in [3.8, 4) is 22.5 Å². The predicted octanol–water partition coefficient (Wildman–Crippen LogP) is 2.10. The topological polar surface area (TPSA) is 166 Å². The van der Waals surface area contributed by atoms with Gasteiger partial charge in [0.25, 0.3) is 0 Å². The normalized spacial score (nSPS) is 23.0. The third kappa shape index (κ3) is 5.27. The number of aromatic amines is 1. The summed E-state index contributed by atoms with van der Waals surface area (Å²) < 4.78 is 25.9. The molecule has 1 atom stereocenters. The molecule has 1 aromatic carbocycles. The van der Waals surface area contributed by atoms with E-state index < -0.39 is 10.0 Å². The molecule has 11 heteroatoms. The number of benzene rings is 1. The SMILES string of the molecule is NS(=O)(=O)c1c(CC[C@H]2CC[C@H](N)CC2)ccc(-c2ccc(C3CCNC3)nc2)c1-c1nnn[nH]1. The molecule has 1 saturated carbocycles. The zero-order chi connectivity index (χ0) is 24.4. The number of rotatable bonds is 7. The summed E-state index contributed by atoms with van der Waals surface area (Å²) in [4.78, 5) is 4.76. The summed E-state index contributed by atoms with van der Waals surface area (Å²) >= 11 is 0. The third-order valence-electron chi connectivity index (χ3n) is 7.40. The Labute approximate surface area is 205 Å². The van der Waals surface area contributed by atoms with Gasteiger partial charge in [-0.2, -0.15) is 0 Å². The van der Waals surface area contributed by atoms with E-state index in [1.165, 1.54) is 0 Å². The van der Waals surface area contributed by atoms with E-state index in [4.69, 9.17) is 10.9 Å². The lowest BCUT2D eigenvalue weighted by Gasteiger charge is -2.26. The van der Waals surface area contributed by atoms with Crippen molar-refractivity contribution in [1.82, 2.24) is 30.9 Å². The maximum absolute atomic E-state index is 12.9. The summed E-state index contributed by atoms with van der Waals surface area (Å²) in [5.74, 6) is 1.18. The number of aryl methyl sites for hydroxylation is 1. The quantitative estimate of drug-likeness (QED) is 0.386. The summed E-state index contributed by atoms with van der Waals surface area (Å²) in [6, 6.07) is 8.05. The maximum atomic E-state index is 12.9. The largest absolute Gasteiger partial charge is 0.328 e. The van der Waals surface area contributed by atoms with Crippen LogP contribution >= 0.6 is 0 Å². The fraction of sp³-hybridized carbons (Fsp3) is 0.500. The van der Waals surface area contributed by atoms with Crippen molar-refractivity contribution < 1.29 is 8.42 Å². The van der Waals surface area contributed by atoms with E-state index in [1.54, 1.807) is 6.20 Å². The van der Waals surface area contributed by atoms with Gasteiger partial charge in [0.1, 0.15) is 0 Å². The molecular weight excluding hydrogens is 464 g/mol. The molecule has 1 aliphatic heterocycles. The highest BCUT2D eigenvalue weighted by Crippen LogP contribution is 2.38. The van der Waals surface area contributed by atoms with Crippen molar-refractivity contribution in [2.75, 3.05) is 13.1 Å². The molecule has 3 aromatic rings. The molecule has 0 spiro atoms. The van der Waals surface area contributed by atoms with Crippen LogP contribution in [-0.4, -0.2) is 53.2 Å². The number of tetrazole rings is 1. The second kappa shape index (κ2) is 10.1. The van der Waals surface area contributed by atoms with Crippen molar-refractivity contribution in [3.63, 3.8) is 0 Å². The Morgan fingerprint density at radius 1 is 1.06 bits per heavy atom. The molecule has 0 radical (unpaired) electrons. The maximum Gasteiger partial charge on any atom is 0.239 e. The Balaban J connectivity index is 1.54. The molecule has 10 nitrogen and oxygen atoms in total. The molecule has 1 aliphatic carbocycles. The van der Waals surface area contributed by atoms with E-state index in [-0.39, 0.29) is 16.8 Å². The van der Waals surface area contributed by atoms with Crippen LogP contribution in [0.1, 0.15) is 55.7 Å². The van der Waals surface area contributed by atoms with Gasteiger partial charge in [-0.25, -0.2) is 18.7 Å². The first-order valence-corrected chi connectivity index (χ1v) is 13.8. The monoisotopic (exact) mass is 496 g/mol. The van der Waals surface area contributed by atoms with Crippen molar-refractivity contribution in [2.45, 2.75) is 61.8 Å². The summed E-state index contributed by atoms with van der Waals surface area (Å²) in [5, 5.41) is 23.3. The van der Waals surface area contributed by atoms with Gasteiger partial charge < -0.3 is 11.1 Å². The van der Waals surface area contributed by atoms with Crippen LogP contribution in [0.15, 0.2) is 35.4 Å². The van der Waals surface area contributed by atoms with Crippen LogP contribution in [0, 0.1) is 5.92 Å². The highest BCUT2D eigenvalue weighted by Gasteiger charge is 2.27. The number of hydrogen-bond donors (Lipinski definition) is 4. The third-order valence-corrected chi connectivity index (χ3v) is 8.43. The van der Waals surface area contributed by atoms with Gasteiger partial charge in [-0.15, -0.1) is 5.10 Å². The Morgan fingerprint density at radius 2 is 1.89 bits per heavy atom. The van der Waals surface area contributed by atoms with Crippen molar-refractivity contribution in [2.24, 2.45) is 16.8 Å². The highest BCUT2D eigenvalue weighted by molar-refractivity contribution is 7.89. The number of hydrogen-bond acceptors (Lipinski definition) is 8. The molecule has 0 bridgehead atoms. The molecular formula is C24H32N8O2S. The summed E-state index contributed by atoms with van der Waals surface area (Å²) in [5.41, 5.74) is 9.59. The molecule has 6 N–H and O–H groups in total. The first-order valence-electron chi connectivity index (χ1n) is 12.3. The first-order chi connectivity index (χ1) is 16.9. The van der Waals surface area contributed by atoms with E-state index in [9.17, 15) is 8.42 Å². The Morgan fingerprint density at radius 3 is 2.51 bits per heavy atom. The van der Waals surface area contributed by atoms with Gasteiger partial charge in [0.15, 0.2) is 5.82 Å². The lowest BCUT2D eigenvalue weighted by molar-refractivity contribution is 0.310. The average Bonchev–Trinajstić information content (AvgIpc) is 3.57. The molecule has 3 heterocycles. The number of primary sulfonamides is 1. The van der Waals surface area contributed by atoms with Crippen LogP contribution in [0.3, 0.4) is 0 Å². The second-order valence-electron chi connectivity index (χ2n) is 9.75. The molecule has 186 valence electrons. The molecule has 1 saturated heterocycles. The summed E-state index contributed by atoms with van der Waals surface area (Å²) in [6.07, 6.45) is 8.49. The minimum Gasteiger partial charge on any atom is -0.328 e. The van der Waals surface area contributed by atoms with Crippen LogP contribution in [0.5, 0.6) is 0 Å². The number of aromatic nitrogens is 5. The molecule has 0 amide bonds. The number of nitrogens with two attached hydrogens (primary N) is 2. The standard InChI is InChI=1S/C24H32N8O2S/c25-19-7-2-15(3-8-19)1-4-16-5-9-20(17-6-10-21(28-14-17)18-11-12-27-13-18)22(23(16)35(26,33)34)24-29-31-32-30-24/h5-6,9-10,14-15,18-19,27H,1-4,7-8,11-13,25H2,(H2,26,33,34)(H,29,30,31,32)/t15-,18?,19-. The minimum absolute atomic E-state index is 0.0742. The van der Waals surface area contributed by atoms with Gasteiger partial charge in [-0.3, -0.25) is 4.98 Å². The first kappa shape index (κ1) is 24.0. The summed E-state index contributed by atoms with van der Waals surface area (Å²) in [6.45, 7) is 1.90. The molecule has 2 fully saturated rings. The number of sulfonamides is 1. The smallest absolute Gasteiger partial charge is 0.239 e. The Bertz CT molecular complexity index is 1250. The van der Waals surface area contributed by atoms with Crippen LogP contribution in [-0.2, 0) is 16.4 Å². The van der Waals surface area contributed by atoms with Crippen LogP contribution in [0.2, 0.25) is 0 Å². The van der Waals surface area contributed by atoms with Gasteiger partial charge in [0, 0.05) is 41.5 Å². The fourth-order valence-electron chi connectivity index (χ4n) is 5.44. The Hall–Kier alpha value is -2.73. The van der Waals surface area contributed by atoms with Gasteiger partial charge in [-0.05, 0) is 85.0 Å². The highest BCUT2D eigenvalue weighted by atomic mass is 32.2. The van der Waals surface area contributed by atoms with Gasteiger partial charge in [0.2, 0.25) is 10.0 Å². The number of nitrogens with zero attached hydrogens (tertiary/aromatic N) is 4.